The zero-order chi connectivity index (χ0) is 36.8. The summed E-state index contributed by atoms with van der Waals surface area (Å²) in [5, 5.41) is 14.7. The van der Waals surface area contributed by atoms with Gasteiger partial charge in [-0.1, -0.05) is 79.7 Å². The number of imidazole rings is 1. The highest BCUT2D eigenvalue weighted by Gasteiger charge is 2.48. The molecule has 7 rings (SSSR count). The number of nitrogens with zero attached hydrogens (tertiary/aromatic N) is 4. The Bertz CT molecular complexity index is 2060. The summed E-state index contributed by atoms with van der Waals surface area (Å²) in [7, 11) is 3.26. The Morgan fingerprint density at radius 2 is 1.43 bits per heavy atom. The summed E-state index contributed by atoms with van der Waals surface area (Å²) >= 11 is 0. The molecule has 53 heavy (non-hydrogen) atoms. The van der Waals surface area contributed by atoms with E-state index in [2.05, 4.69) is 20.3 Å². The van der Waals surface area contributed by atoms with Crippen molar-refractivity contribution in [2.75, 3.05) is 32.8 Å². The number of anilines is 1. The van der Waals surface area contributed by atoms with Crippen LogP contribution in [0.15, 0.2) is 122 Å². The van der Waals surface area contributed by atoms with Gasteiger partial charge in [-0.15, -0.1) is 0 Å². The predicted octanol–water partition coefficient (Wildman–Crippen LogP) is 6.16. The molecule has 0 saturated carbocycles. The van der Waals surface area contributed by atoms with Gasteiger partial charge in [0.1, 0.15) is 41.7 Å². The van der Waals surface area contributed by atoms with Gasteiger partial charge in [0.2, 0.25) is 0 Å². The number of rotatable bonds is 14. The summed E-state index contributed by atoms with van der Waals surface area (Å²) in [6.07, 6.45) is 0.130. The summed E-state index contributed by atoms with van der Waals surface area (Å²) < 4.78 is 32.6. The Labute approximate surface area is 307 Å². The lowest BCUT2D eigenvalue weighted by Gasteiger charge is -2.37. The first kappa shape index (κ1) is 35.7. The third-order valence-electron chi connectivity index (χ3n) is 9.37. The van der Waals surface area contributed by atoms with Gasteiger partial charge in [-0.05, 0) is 59.5 Å². The standard InChI is InChI=1S/C41H41N5O7/c1-4-23-51-36-35(47)33(53-40(36)46-26-44-34-37(42-25-43-38(34)46)45-39(48)27-11-7-5-8-12-27)24-52-41(28-13-9-6-10-14-28,29-15-19-31(49-2)20-16-29)30-17-21-32(50-3)22-18-30/h5-22,25-26,33,35-36,40,47H,4,23-24H2,1-3H3,(H,42,43,45,48)/t33-,35-,36-,40-/m1/s1. The highest BCUT2D eigenvalue weighted by molar-refractivity contribution is 6.06. The fourth-order valence-electron chi connectivity index (χ4n) is 6.69. The molecule has 0 aliphatic carbocycles. The van der Waals surface area contributed by atoms with Crippen molar-refractivity contribution in [3.63, 3.8) is 0 Å². The number of aliphatic hydroxyl groups is 1. The van der Waals surface area contributed by atoms with E-state index in [0.717, 1.165) is 23.1 Å². The van der Waals surface area contributed by atoms with Gasteiger partial charge in [0.25, 0.3) is 5.91 Å². The minimum atomic E-state index is -1.12. The van der Waals surface area contributed by atoms with E-state index in [0.29, 0.717) is 34.8 Å². The molecule has 12 nitrogen and oxygen atoms in total. The van der Waals surface area contributed by atoms with Crippen LogP contribution in [0.2, 0.25) is 0 Å². The van der Waals surface area contributed by atoms with Crippen molar-refractivity contribution in [2.24, 2.45) is 0 Å². The molecule has 4 aromatic carbocycles. The topological polar surface area (TPSA) is 139 Å². The monoisotopic (exact) mass is 715 g/mol. The molecule has 0 radical (unpaired) electrons. The molecule has 2 aromatic heterocycles. The average molecular weight is 716 g/mol. The molecule has 272 valence electrons. The Morgan fingerprint density at radius 1 is 0.830 bits per heavy atom. The average Bonchev–Trinajstić information content (AvgIpc) is 3.79. The molecule has 4 atom stereocenters. The lowest BCUT2D eigenvalue weighted by Crippen LogP contribution is -2.40. The van der Waals surface area contributed by atoms with E-state index < -0.39 is 30.1 Å². The van der Waals surface area contributed by atoms with E-state index in [1.54, 1.807) is 49.4 Å². The number of amides is 1. The molecule has 12 heteroatoms. The van der Waals surface area contributed by atoms with Crippen LogP contribution in [0, 0.1) is 0 Å². The summed E-state index contributed by atoms with van der Waals surface area (Å²) in [5.41, 5.74) is 2.70. The van der Waals surface area contributed by atoms with Crippen molar-refractivity contribution < 1.29 is 33.6 Å². The smallest absolute Gasteiger partial charge is 0.256 e. The van der Waals surface area contributed by atoms with Crippen molar-refractivity contribution in [3.8, 4) is 11.5 Å². The minimum absolute atomic E-state index is 0.0173. The van der Waals surface area contributed by atoms with Gasteiger partial charge >= 0.3 is 0 Å². The lowest BCUT2D eigenvalue weighted by molar-refractivity contribution is -0.0960. The molecular weight excluding hydrogens is 674 g/mol. The normalized spacial score (nSPS) is 18.6. The van der Waals surface area contributed by atoms with Crippen LogP contribution in [0.5, 0.6) is 11.5 Å². The maximum Gasteiger partial charge on any atom is 0.256 e. The second-order valence-corrected chi connectivity index (χ2v) is 12.6. The van der Waals surface area contributed by atoms with Gasteiger partial charge in [-0.25, -0.2) is 15.0 Å². The summed E-state index contributed by atoms with van der Waals surface area (Å²) in [6.45, 7) is 2.37. The van der Waals surface area contributed by atoms with Crippen LogP contribution in [0.1, 0.15) is 46.6 Å². The van der Waals surface area contributed by atoms with Gasteiger partial charge in [0.05, 0.1) is 27.2 Å². The van der Waals surface area contributed by atoms with Crippen LogP contribution in [-0.4, -0.2) is 76.3 Å². The molecule has 1 amide bonds. The largest absolute Gasteiger partial charge is 0.497 e. The molecule has 0 bridgehead atoms. The molecule has 2 N–H and O–H groups in total. The first-order chi connectivity index (χ1) is 26.0. The molecule has 0 unspecified atom stereocenters. The first-order valence-electron chi connectivity index (χ1n) is 17.4. The first-order valence-corrected chi connectivity index (χ1v) is 17.4. The van der Waals surface area contributed by atoms with Gasteiger partial charge in [0.15, 0.2) is 23.2 Å². The maximum absolute atomic E-state index is 13.0. The fraction of sp³-hybridized carbons (Fsp3) is 0.268. The zero-order valence-electron chi connectivity index (χ0n) is 29.7. The SMILES string of the molecule is CCCO[C@@H]1[C@H](O)[C@@H](COC(c2ccccc2)(c2ccc(OC)cc2)c2ccc(OC)cc2)O[C@H]1n1cnc2c(NC(=O)c3ccccc3)ncnc21. The number of nitrogens with one attached hydrogen (secondary N) is 1. The Hall–Kier alpha value is -5.66. The number of benzene rings is 4. The van der Waals surface area contributed by atoms with Crippen LogP contribution >= 0.6 is 0 Å². The van der Waals surface area contributed by atoms with Gasteiger partial charge < -0.3 is 34.1 Å². The van der Waals surface area contributed by atoms with Gasteiger partial charge in [-0.2, -0.15) is 0 Å². The summed E-state index contributed by atoms with van der Waals surface area (Å²) in [6, 6.07) is 34.3. The number of aromatic nitrogens is 4. The van der Waals surface area contributed by atoms with Crippen LogP contribution < -0.4 is 14.8 Å². The highest BCUT2D eigenvalue weighted by atomic mass is 16.6. The third-order valence-corrected chi connectivity index (χ3v) is 9.37. The number of carbonyl (C=O) groups excluding carboxylic acids is 1. The number of hydrogen-bond donors (Lipinski definition) is 2. The zero-order valence-corrected chi connectivity index (χ0v) is 29.7. The molecular formula is C41H41N5O7. The molecule has 1 fully saturated rings. The van der Waals surface area contributed by atoms with E-state index in [4.69, 9.17) is 23.7 Å². The number of carbonyl (C=O) groups is 1. The lowest BCUT2D eigenvalue weighted by atomic mass is 9.80. The molecule has 6 aromatic rings. The molecule has 0 spiro atoms. The van der Waals surface area contributed by atoms with Crippen molar-refractivity contribution in [1.82, 2.24) is 19.5 Å². The summed E-state index contributed by atoms with van der Waals surface area (Å²) in [5.74, 6) is 1.33. The molecule has 1 aliphatic heterocycles. The van der Waals surface area contributed by atoms with Gasteiger partial charge in [0, 0.05) is 12.2 Å². The molecule has 1 saturated heterocycles. The third kappa shape index (κ3) is 7.09. The highest BCUT2D eigenvalue weighted by Crippen LogP contribution is 2.43. The number of ether oxygens (including phenoxy) is 5. The van der Waals surface area contributed by atoms with Crippen LogP contribution in [0.3, 0.4) is 0 Å². The van der Waals surface area contributed by atoms with Gasteiger partial charge in [-0.3, -0.25) is 9.36 Å². The maximum atomic E-state index is 13.0. The fourth-order valence-corrected chi connectivity index (χ4v) is 6.69. The van der Waals surface area contributed by atoms with E-state index in [9.17, 15) is 9.90 Å². The van der Waals surface area contributed by atoms with Crippen molar-refractivity contribution >= 4 is 22.9 Å². The number of hydrogen-bond acceptors (Lipinski definition) is 10. The predicted molar refractivity (Wildman–Crippen MR) is 198 cm³/mol. The number of fused-ring (bicyclic) bond motifs is 1. The second-order valence-electron chi connectivity index (χ2n) is 12.6. The number of methoxy groups -OCH3 is 2. The van der Waals surface area contributed by atoms with E-state index >= 15 is 0 Å². The second kappa shape index (κ2) is 15.9. The Balaban J connectivity index is 1.23. The van der Waals surface area contributed by atoms with E-state index in [1.807, 2.05) is 91.9 Å². The molecule has 3 heterocycles. The van der Waals surface area contributed by atoms with E-state index in [-0.39, 0.29) is 18.3 Å². The Kier molecular flexibility index (Phi) is 10.7. The van der Waals surface area contributed by atoms with E-state index in [1.165, 1.54) is 6.33 Å². The number of aliphatic hydroxyl groups excluding tert-OH is 1. The van der Waals surface area contributed by atoms with Crippen molar-refractivity contribution in [3.05, 3.63) is 144 Å². The van der Waals surface area contributed by atoms with Crippen molar-refractivity contribution in [1.29, 1.82) is 0 Å². The van der Waals surface area contributed by atoms with Crippen LogP contribution in [0.4, 0.5) is 5.82 Å². The minimum Gasteiger partial charge on any atom is -0.497 e. The summed E-state index contributed by atoms with van der Waals surface area (Å²) in [4.78, 5) is 26.3. The van der Waals surface area contributed by atoms with Crippen LogP contribution in [0.25, 0.3) is 11.2 Å². The Morgan fingerprint density at radius 3 is 2.04 bits per heavy atom. The quantitative estimate of drug-likeness (QED) is 0.126. The van der Waals surface area contributed by atoms with Crippen LogP contribution in [-0.2, 0) is 19.8 Å². The molecule has 1 aliphatic rings. The van der Waals surface area contributed by atoms with Crippen molar-refractivity contribution in [2.45, 2.75) is 43.5 Å².